The van der Waals surface area contributed by atoms with Gasteiger partial charge in [0.25, 0.3) is 0 Å². The molecule has 0 aliphatic heterocycles. The van der Waals surface area contributed by atoms with Crippen molar-refractivity contribution in [3.63, 3.8) is 0 Å². The van der Waals surface area contributed by atoms with Crippen molar-refractivity contribution in [2.45, 2.75) is 30.7 Å². The Labute approximate surface area is 163 Å². The van der Waals surface area contributed by atoms with Gasteiger partial charge in [-0.3, -0.25) is 4.79 Å². The van der Waals surface area contributed by atoms with Crippen molar-refractivity contribution >= 4 is 31.7 Å². The van der Waals surface area contributed by atoms with E-state index in [1.165, 1.54) is 0 Å². The first kappa shape index (κ1) is 19.1. The first-order valence-corrected chi connectivity index (χ1v) is 11.1. The minimum Gasteiger partial charge on any atom is -0.349 e. The average molecular weight is 436 g/mol. The molecule has 138 valence electrons. The highest BCUT2D eigenvalue weighted by Crippen LogP contribution is 2.41. The number of benzene rings is 2. The van der Waals surface area contributed by atoms with Crippen LogP contribution >= 0.6 is 15.9 Å². The Morgan fingerprint density at radius 1 is 1.12 bits per heavy atom. The molecule has 0 saturated heterocycles. The molecule has 0 heterocycles. The molecule has 2 aromatic carbocycles. The second-order valence-electron chi connectivity index (χ2n) is 6.87. The molecule has 4 nitrogen and oxygen atoms in total. The summed E-state index contributed by atoms with van der Waals surface area (Å²) in [5, 5.41) is 3.07. The van der Waals surface area contributed by atoms with E-state index in [9.17, 15) is 13.2 Å². The number of hydrogen-bond acceptors (Lipinski definition) is 3. The third kappa shape index (κ3) is 4.74. The first-order chi connectivity index (χ1) is 12.4. The van der Waals surface area contributed by atoms with Gasteiger partial charge in [0.15, 0.2) is 9.84 Å². The van der Waals surface area contributed by atoms with Crippen LogP contribution in [0.2, 0.25) is 0 Å². The van der Waals surface area contributed by atoms with E-state index in [0.717, 1.165) is 22.9 Å². The van der Waals surface area contributed by atoms with Gasteiger partial charge in [-0.1, -0.05) is 53.2 Å². The van der Waals surface area contributed by atoms with Gasteiger partial charge in [0, 0.05) is 10.4 Å². The third-order valence-corrected chi connectivity index (χ3v) is 7.10. The molecule has 1 fully saturated rings. The van der Waals surface area contributed by atoms with E-state index in [4.69, 9.17) is 0 Å². The maximum atomic E-state index is 12.6. The van der Waals surface area contributed by atoms with Gasteiger partial charge in [-0.25, -0.2) is 8.42 Å². The third-order valence-electron chi connectivity index (χ3n) is 4.64. The Kier molecular flexibility index (Phi) is 5.82. The second-order valence-corrected chi connectivity index (χ2v) is 9.82. The normalized spacial score (nSPS) is 16.7. The fourth-order valence-corrected chi connectivity index (χ4v) is 4.82. The Morgan fingerprint density at radius 3 is 2.31 bits per heavy atom. The summed E-state index contributed by atoms with van der Waals surface area (Å²) in [6, 6.07) is 16.3. The molecule has 0 bridgehead atoms. The Bertz CT molecular complexity index is 862. The van der Waals surface area contributed by atoms with Crippen LogP contribution in [0.25, 0.3) is 0 Å². The molecule has 3 rings (SSSR count). The van der Waals surface area contributed by atoms with Crippen LogP contribution < -0.4 is 5.32 Å². The summed E-state index contributed by atoms with van der Waals surface area (Å²) in [6.45, 7) is 1.67. The SMILES string of the molecule is C[C@@H](CS(=O)(=O)c1ccc(Br)cc1)C(=O)N[C@H](c1ccccc1)C1CC1. The van der Waals surface area contributed by atoms with Gasteiger partial charge < -0.3 is 5.32 Å². The van der Waals surface area contributed by atoms with Crippen LogP contribution in [-0.4, -0.2) is 20.1 Å². The van der Waals surface area contributed by atoms with Crippen molar-refractivity contribution in [1.82, 2.24) is 5.32 Å². The number of halogens is 1. The predicted octanol–water partition coefficient (Wildman–Crippen LogP) is 4.13. The summed E-state index contributed by atoms with van der Waals surface area (Å²) in [4.78, 5) is 12.9. The molecular formula is C20H22BrNO3S. The van der Waals surface area contributed by atoms with E-state index in [0.29, 0.717) is 5.92 Å². The smallest absolute Gasteiger partial charge is 0.224 e. The zero-order chi connectivity index (χ0) is 18.7. The minimum atomic E-state index is -3.51. The summed E-state index contributed by atoms with van der Waals surface area (Å²) in [5.74, 6) is -0.594. The van der Waals surface area contributed by atoms with Crippen LogP contribution in [-0.2, 0) is 14.6 Å². The number of hydrogen-bond donors (Lipinski definition) is 1. The molecule has 2 atom stereocenters. The summed E-state index contributed by atoms with van der Waals surface area (Å²) >= 11 is 3.30. The molecule has 1 N–H and O–H groups in total. The van der Waals surface area contributed by atoms with E-state index in [2.05, 4.69) is 21.2 Å². The fraction of sp³-hybridized carbons (Fsp3) is 0.350. The van der Waals surface area contributed by atoms with Crippen LogP contribution in [0.15, 0.2) is 64.0 Å². The molecule has 0 unspecified atom stereocenters. The summed E-state index contributed by atoms with van der Waals surface area (Å²) in [7, 11) is -3.51. The molecular weight excluding hydrogens is 414 g/mol. The van der Waals surface area contributed by atoms with Crippen molar-refractivity contribution in [2.75, 3.05) is 5.75 Å². The number of sulfone groups is 1. The van der Waals surface area contributed by atoms with Gasteiger partial charge in [0.05, 0.1) is 16.7 Å². The standard InChI is InChI=1S/C20H22BrNO3S/c1-14(13-26(24,25)18-11-9-17(21)10-12-18)20(23)22-19(16-7-8-16)15-5-3-2-4-6-15/h2-6,9-12,14,16,19H,7-8,13H2,1H3,(H,22,23)/t14-,19+/m0/s1. The summed E-state index contributed by atoms with van der Waals surface area (Å²) in [6.07, 6.45) is 2.18. The number of nitrogens with one attached hydrogen (secondary N) is 1. The zero-order valence-electron chi connectivity index (χ0n) is 14.6. The van der Waals surface area contributed by atoms with Crippen LogP contribution in [0.4, 0.5) is 0 Å². The van der Waals surface area contributed by atoms with Crippen LogP contribution in [0, 0.1) is 11.8 Å². The first-order valence-electron chi connectivity index (χ1n) is 8.70. The molecule has 0 aromatic heterocycles. The maximum Gasteiger partial charge on any atom is 0.224 e. The number of carbonyl (C=O) groups is 1. The number of rotatable bonds is 7. The van der Waals surface area contributed by atoms with Gasteiger partial charge in [0.1, 0.15) is 0 Å². The predicted molar refractivity (Wildman–Crippen MR) is 105 cm³/mol. The topological polar surface area (TPSA) is 63.2 Å². The Morgan fingerprint density at radius 2 is 1.73 bits per heavy atom. The van der Waals surface area contributed by atoms with Crippen molar-refractivity contribution in [3.8, 4) is 0 Å². The fourth-order valence-electron chi connectivity index (χ4n) is 3.00. The lowest BCUT2D eigenvalue weighted by atomic mass is 10.0. The minimum absolute atomic E-state index is 0.0402. The van der Waals surface area contributed by atoms with Gasteiger partial charge >= 0.3 is 0 Å². The quantitative estimate of drug-likeness (QED) is 0.710. The highest BCUT2D eigenvalue weighted by molar-refractivity contribution is 9.10. The maximum absolute atomic E-state index is 12.6. The summed E-state index contributed by atoms with van der Waals surface area (Å²) < 4.78 is 25.9. The van der Waals surface area contributed by atoms with E-state index in [-0.39, 0.29) is 22.6 Å². The lowest BCUT2D eigenvalue weighted by molar-refractivity contribution is -0.124. The van der Waals surface area contributed by atoms with E-state index in [1.807, 2.05) is 30.3 Å². The number of carbonyl (C=O) groups excluding carboxylic acids is 1. The van der Waals surface area contributed by atoms with Crippen molar-refractivity contribution in [1.29, 1.82) is 0 Å². The van der Waals surface area contributed by atoms with Crippen LogP contribution in [0.5, 0.6) is 0 Å². The van der Waals surface area contributed by atoms with Gasteiger partial charge in [-0.15, -0.1) is 0 Å². The molecule has 1 amide bonds. The average Bonchev–Trinajstić information content (AvgIpc) is 3.45. The van der Waals surface area contributed by atoms with Crippen molar-refractivity contribution in [3.05, 3.63) is 64.6 Å². The molecule has 1 aliphatic carbocycles. The molecule has 6 heteroatoms. The molecule has 0 radical (unpaired) electrons. The molecule has 26 heavy (non-hydrogen) atoms. The zero-order valence-corrected chi connectivity index (χ0v) is 17.0. The molecule has 2 aromatic rings. The van der Waals surface area contributed by atoms with E-state index < -0.39 is 15.8 Å². The van der Waals surface area contributed by atoms with Crippen molar-refractivity contribution in [2.24, 2.45) is 11.8 Å². The second kappa shape index (κ2) is 7.92. The van der Waals surface area contributed by atoms with E-state index >= 15 is 0 Å². The van der Waals surface area contributed by atoms with Gasteiger partial charge in [-0.05, 0) is 48.6 Å². The lowest BCUT2D eigenvalue weighted by Crippen LogP contribution is -2.36. The van der Waals surface area contributed by atoms with Crippen LogP contribution in [0.1, 0.15) is 31.4 Å². The monoisotopic (exact) mass is 435 g/mol. The Hall–Kier alpha value is -1.66. The number of amides is 1. The highest BCUT2D eigenvalue weighted by Gasteiger charge is 2.34. The van der Waals surface area contributed by atoms with E-state index in [1.54, 1.807) is 31.2 Å². The molecule has 1 saturated carbocycles. The van der Waals surface area contributed by atoms with Gasteiger partial charge in [-0.2, -0.15) is 0 Å². The molecule has 0 spiro atoms. The van der Waals surface area contributed by atoms with Gasteiger partial charge in [0.2, 0.25) is 5.91 Å². The molecule has 1 aliphatic rings. The highest BCUT2D eigenvalue weighted by atomic mass is 79.9. The Balaban J connectivity index is 1.68. The van der Waals surface area contributed by atoms with Crippen molar-refractivity contribution < 1.29 is 13.2 Å². The van der Waals surface area contributed by atoms with Crippen LogP contribution in [0.3, 0.4) is 0 Å². The lowest BCUT2D eigenvalue weighted by Gasteiger charge is -2.21. The summed E-state index contributed by atoms with van der Waals surface area (Å²) in [5.41, 5.74) is 1.08. The largest absolute Gasteiger partial charge is 0.349 e.